The number of rotatable bonds is 4. The van der Waals surface area contributed by atoms with Crippen LogP contribution in [0.25, 0.3) is 11.1 Å². The van der Waals surface area contributed by atoms with Crippen LogP contribution < -0.4 is 0 Å². The molecule has 0 radical (unpaired) electrons. The van der Waals surface area contributed by atoms with E-state index >= 15 is 0 Å². The average molecular weight is 450 g/mol. The molecule has 2 saturated carbocycles. The van der Waals surface area contributed by atoms with Crippen LogP contribution in [0.5, 0.6) is 0 Å². The number of carbonyl (C=O) groups excluding carboxylic acids is 1. The van der Waals surface area contributed by atoms with E-state index in [0.717, 1.165) is 47.5 Å². The van der Waals surface area contributed by atoms with Gasteiger partial charge in [0.1, 0.15) is 5.82 Å². The molecule has 0 bridgehead atoms. The number of aromatic nitrogens is 4. The van der Waals surface area contributed by atoms with Crippen molar-refractivity contribution in [1.29, 1.82) is 0 Å². The first kappa shape index (κ1) is 20.4. The van der Waals surface area contributed by atoms with Gasteiger partial charge in [-0.1, -0.05) is 6.08 Å². The second-order valence-corrected chi connectivity index (χ2v) is 9.51. The van der Waals surface area contributed by atoms with Gasteiger partial charge < -0.3 is 4.90 Å². The largest absolute Gasteiger partial charge is 0.338 e. The molecule has 2 fully saturated rings. The highest BCUT2D eigenvalue weighted by molar-refractivity contribution is 6.01. The SMILES string of the molecule is CN(C(=O)c1cnn2ccc(C3=CCCCc4nc(C5CC5)ncc43)cc12)C1CC(F)(F)C1. The lowest BCUT2D eigenvalue weighted by Gasteiger charge is -2.40. The number of hydrogen-bond donors (Lipinski definition) is 0. The Morgan fingerprint density at radius 3 is 2.82 bits per heavy atom. The van der Waals surface area contributed by atoms with Crippen LogP contribution in [0.15, 0.2) is 36.8 Å². The monoisotopic (exact) mass is 449 g/mol. The van der Waals surface area contributed by atoms with Gasteiger partial charge >= 0.3 is 0 Å². The maximum atomic E-state index is 13.3. The zero-order valence-corrected chi connectivity index (χ0v) is 18.5. The summed E-state index contributed by atoms with van der Waals surface area (Å²) < 4.78 is 28.3. The summed E-state index contributed by atoms with van der Waals surface area (Å²) in [6, 6.07) is 3.50. The van der Waals surface area contributed by atoms with Gasteiger partial charge in [0, 0.05) is 49.8 Å². The number of aryl methyl sites for hydroxylation is 1. The van der Waals surface area contributed by atoms with E-state index in [0.29, 0.717) is 17.0 Å². The van der Waals surface area contributed by atoms with Gasteiger partial charge in [0.25, 0.3) is 11.8 Å². The molecule has 8 heteroatoms. The van der Waals surface area contributed by atoms with E-state index in [1.54, 1.807) is 11.6 Å². The van der Waals surface area contributed by atoms with Gasteiger partial charge in [0.05, 0.1) is 23.0 Å². The molecule has 3 aromatic rings. The molecule has 6 nitrogen and oxygen atoms in total. The van der Waals surface area contributed by atoms with Crippen molar-refractivity contribution < 1.29 is 13.6 Å². The highest BCUT2D eigenvalue weighted by Gasteiger charge is 2.48. The molecule has 0 N–H and O–H groups in total. The third-order valence-electron chi connectivity index (χ3n) is 7.08. The minimum Gasteiger partial charge on any atom is -0.338 e. The first-order chi connectivity index (χ1) is 15.9. The molecule has 0 aliphatic heterocycles. The Labute approximate surface area is 190 Å². The zero-order valence-electron chi connectivity index (χ0n) is 18.5. The van der Waals surface area contributed by atoms with Crippen molar-refractivity contribution in [2.45, 2.75) is 62.8 Å². The van der Waals surface area contributed by atoms with Gasteiger partial charge in [-0.2, -0.15) is 5.10 Å². The lowest BCUT2D eigenvalue weighted by Crippen LogP contribution is -2.51. The molecule has 1 amide bonds. The third-order valence-corrected chi connectivity index (χ3v) is 7.08. The molecule has 6 rings (SSSR count). The Morgan fingerprint density at radius 2 is 2.06 bits per heavy atom. The summed E-state index contributed by atoms with van der Waals surface area (Å²) in [4.78, 5) is 24.1. The van der Waals surface area contributed by atoms with E-state index < -0.39 is 12.0 Å². The fraction of sp³-hybridized carbons (Fsp3) is 0.440. The van der Waals surface area contributed by atoms with Gasteiger partial charge in [-0.05, 0) is 55.4 Å². The minimum absolute atomic E-state index is 0.282. The normalized spacial score (nSPS) is 20.0. The van der Waals surface area contributed by atoms with Crippen molar-refractivity contribution in [3.8, 4) is 0 Å². The number of halogens is 2. The Bertz CT molecular complexity index is 1290. The molecule has 3 aliphatic rings. The van der Waals surface area contributed by atoms with Gasteiger partial charge in [-0.25, -0.2) is 23.3 Å². The highest BCUT2D eigenvalue weighted by atomic mass is 19.3. The quantitative estimate of drug-likeness (QED) is 0.582. The lowest BCUT2D eigenvalue weighted by molar-refractivity contribution is -0.112. The fourth-order valence-corrected chi connectivity index (χ4v) is 4.86. The van der Waals surface area contributed by atoms with E-state index in [1.165, 1.54) is 23.9 Å². The van der Waals surface area contributed by atoms with Gasteiger partial charge in [0.15, 0.2) is 0 Å². The van der Waals surface area contributed by atoms with Crippen molar-refractivity contribution in [3.63, 3.8) is 0 Å². The predicted octanol–water partition coefficient (Wildman–Crippen LogP) is 4.64. The molecule has 0 spiro atoms. The summed E-state index contributed by atoms with van der Waals surface area (Å²) in [5.74, 6) is -1.49. The molecule has 0 saturated heterocycles. The van der Waals surface area contributed by atoms with Crippen molar-refractivity contribution in [2.75, 3.05) is 7.05 Å². The summed E-state index contributed by atoms with van der Waals surface area (Å²) >= 11 is 0. The van der Waals surface area contributed by atoms with E-state index in [2.05, 4.69) is 16.2 Å². The minimum atomic E-state index is -2.67. The fourth-order valence-electron chi connectivity index (χ4n) is 4.86. The maximum Gasteiger partial charge on any atom is 0.257 e. The van der Waals surface area contributed by atoms with Crippen LogP contribution in [0.4, 0.5) is 8.78 Å². The van der Waals surface area contributed by atoms with Crippen LogP contribution in [0.3, 0.4) is 0 Å². The third kappa shape index (κ3) is 3.61. The Hall–Kier alpha value is -3.16. The van der Waals surface area contributed by atoms with Crippen LogP contribution >= 0.6 is 0 Å². The molecular weight excluding hydrogens is 424 g/mol. The van der Waals surface area contributed by atoms with Crippen molar-refractivity contribution in [1.82, 2.24) is 24.5 Å². The Morgan fingerprint density at radius 1 is 1.24 bits per heavy atom. The Balaban J connectivity index is 1.35. The maximum absolute atomic E-state index is 13.3. The molecule has 0 aromatic carbocycles. The van der Waals surface area contributed by atoms with Gasteiger partial charge in [0.2, 0.25) is 0 Å². The van der Waals surface area contributed by atoms with E-state index in [4.69, 9.17) is 4.98 Å². The number of alkyl halides is 2. The summed E-state index contributed by atoms with van der Waals surface area (Å²) in [5, 5.41) is 4.32. The van der Waals surface area contributed by atoms with Crippen molar-refractivity contribution in [2.24, 2.45) is 0 Å². The molecule has 3 aliphatic carbocycles. The standard InChI is InChI=1S/C25H25F2N5O/c1-31(17-11-25(26,27)12-17)24(33)20-14-29-32-9-8-16(10-22(20)32)18-4-2-3-5-21-19(18)13-28-23(30-21)15-6-7-15/h4,8-10,13-15,17H,2-3,5-7,11-12H2,1H3. The smallest absolute Gasteiger partial charge is 0.257 e. The molecule has 0 unspecified atom stereocenters. The van der Waals surface area contributed by atoms with Gasteiger partial charge in [-0.3, -0.25) is 4.79 Å². The van der Waals surface area contributed by atoms with E-state index in [-0.39, 0.29) is 18.7 Å². The predicted molar refractivity (Wildman–Crippen MR) is 119 cm³/mol. The zero-order chi connectivity index (χ0) is 22.7. The molecule has 0 atom stereocenters. The number of pyridine rings is 1. The van der Waals surface area contributed by atoms with Gasteiger partial charge in [-0.15, -0.1) is 0 Å². The number of amides is 1. The topological polar surface area (TPSA) is 63.4 Å². The molecule has 170 valence electrons. The van der Waals surface area contributed by atoms with Crippen molar-refractivity contribution >= 4 is 17.0 Å². The van der Waals surface area contributed by atoms with Crippen LogP contribution in [0.1, 0.15) is 77.4 Å². The number of nitrogens with zero attached hydrogens (tertiary/aromatic N) is 5. The average Bonchev–Trinajstić information content (AvgIpc) is 3.58. The van der Waals surface area contributed by atoms with Crippen LogP contribution in [0.2, 0.25) is 0 Å². The molecular formula is C25H25F2N5O. The highest BCUT2D eigenvalue weighted by Crippen LogP contribution is 2.41. The molecule has 33 heavy (non-hydrogen) atoms. The molecule has 3 heterocycles. The number of hydrogen-bond acceptors (Lipinski definition) is 4. The summed E-state index contributed by atoms with van der Waals surface area (Å²) in [5.41, 5.74) is 5.26. The number of carbonyl (C=O) groups is 1. The van der Waals surface area contributed by atoms with E-state index in [1.807, 2.05) is 24.5 Å². The number of allylic oxidation sites excluding steroid dienone is 1. The van der Waals surface area contributed by atoms with Crippen LogP contribution in [0, 0.1) is 0 Å². The number of fused-ring (bicyclic) bond motifs is 2. The first-order valence-electron chi connectivity index (χ1n) is 11.6. The van der Waals surface area contributed by atoms with Crippen molar-refractivity contribution in [3.05, 3.63) is 65.0 Å². The molecule has 3 aromatic heterocycles. The second kappa shape index (κ2) is 7.43. The van der Waals surface area contributed by atoms with Crippen LogP contribution in [-0.4, -0.2) is 49.4 Å². The summed E-state index contributed by atoms with van der Waals surface area (Å²) in [6.45, 7) is 0. The lowest BCUT2D eigenvalue weighted by atomic mass is 9.87. The Kier molecular flexibility index (Phi) is 4.61. The van der Waals surface area contributed by atoms with Crippen LogP contribution in [-0.2, 0) is 6.42 Å². The second-order valence-electron chi connectivity index (χ2n) is 9.51. The van der Waals surface area contributed by atoms with E-state index in [9.17, 15) is 13.6 Å². The summed E-state index contributed by atoms with van der Waals surface area (Å²) in [7, 11) is 1.59. The summed E-state index contributed by atoms with van der Waals surface area (Å²) in [6.07, 6.45) is 12.2. The first-order valence-corrected chi connectivity index (χ1v) is 11.6.